The number of hydrogen-bond acceptors (Lipinski definition) is 3. The van der Waals surface area contributed by atoms with Crippen LogP contribution in [0.4, 0.5) is 0 Å². The Balaban J connectivity index is 3.39. The normalized spacial score (nSPS) is 12.0. The molecule has 0 aromatic rings. The summed E-state index contributed by atoms with van der Waals surface area (Å²) in [5, 5.41) is 5.95. The summed E-state index contributed by atoms with van der Waals surface area (Å²) in [6, 6.07) is -0.594. The number of amides is 2. The second-order valence-corrected chi connectivity index (χ2v) is 13.0. The Bertz CT molecular complexity index is 569. The first-order valence-electron chi connectivity index (χ1n) is 18.9. The van der Waals surface area contributed by atoms with Gasteiger partial charge in [0.1, 0.15) is 0 Å². The number of hydrogen-bond donors (Lipinski definition) is 3. The van der Waals surface area contributed by atoms with Crippen LogP contribution in [-0.4, -0.2) is 30.9 Å². The number of unbranched alkanes of at least 4 members (excludes halogenated alkanes) is 26. The Morgan fingerprint density at radius 1 is 0.452 bits per heavy atom. The number of carbonyl (C=O) groups is 2. The monoisotopic (exact) mass is 594 g/mol. The summed E-state index contributed by atoms with van der Waals surface area (Å²) < 4.78 is 0. The van der Waals surface area contributed by atoms with Crippen LogP contribution in [0.1, 0.15) is 206 Å². The molecular weight excluding hydrogens is 518 g/mol. The Morgan fingerprint density at radius 2 is 0.738 bits per heavy atom. The van der Waals surface area contributed by atoms with Crippen molar-refractivity contribution in [2.45, 2.75) is 213 Å². The van der Waals surface area contributed by atoms with Gasteiger partial charge in [-0.3, -0.25) is 9.59 Å². The second-order valence-electron chi connectivity index (χ2n) is 13.0. The lowest BCUT2D eigenvalue weighted by molar-refractivity contribution is -0.123. The van der Waals surface area contributed by atoms with Gasteiger partial charge < -0.3 is 16.4 Å². The largest absolute Gasteiger partial charge is 0.356 e. The number of carbonyl (C=O) groups excluding carboxylic acids is 2. The van der Waals surface area contributed by atoms with Gasteiger partial charge in [-0.15, -0.1) is 0 Å². The Morgan fingerprint density at radius 3 is 1.07 bits per heavy atom. The number of nitrogens with two attached hydrogens (primary N) is 1. The van der Waals surface area contributed by atoms with Crippen LogP contribution < -0.4 is 16.4 Å². The molecule has 0 aromatic heterocycles. The lowest BCUT2D eigenvalue weighted by Gasteiger charge is -2.12. The fourth-order valence-electron chi connectivity index (χ4n) is 5.72. The summed E-state index contributed by atoms with van der Waals surface area (Å²) in [4.78, 5) is 24.3. The van der Waals surface area contributed by atoms with Crippen molar-refractivity contribution >= 4 is 11.8 Å². The topological polar surface area (TPSA) is 84.2 Å². The van der Waals surface area contributed by atoms with Crippen LogP contribution in [-0.2, 0) is 9.59 Å². The van der Waals surface area contributed by atoms with Gasteiger partial charge in [-0.25, -0.2) is 0 Å². The third kappa shape index (κ3) is 31.8. The summed E-state index contributed by atoms with van der Waals surface area (Å²) >= 11 is 0. The fraction of sp³-hybridized carbons (Fsp3) is 0.946. The van der Waals surface area contributed by atoms with Gasteiger partial charge in [0.2, 0.25) is 11.8 Å². The Hall–Kier alpha value is -1.10. The molecule has 0 aliphatic carbocycles. The maximum Gasteiger partial charge on any atom is 0.236 e. The van der Waals surface area contributed by atoms with Crippen molar-refractivity contribution < 1.29 is 9.59 Å². The van der Waals surface area contributed by atoms with Gasteiger partial charge in [-0.05, 0) is 19.3 Å². The zero-order valence-electron chi connectivity index (χ0n) is 28.6. The molecule has 42 heavy (non-hydrogen) atoms. The van der Waals surface area contributed by atoms with Crippen molar-refractivity contribution in [3.63, 3.8) is 0 Å². The number of nitrogens with one attached hydrogen (secondary N) is 2. The van der Waals surface area contributed by atoms with Crippen LogP contribution in [0, 0.1) is 0 Å². The van der Waals surface area contributed by atoms with E-state index >= 15 is 0 Å². The molecule has 5 nitrogen and oxygen atoms in total. The summed E-state index contributed by atoms with van der Waals surface area (Å²) in [6.07, 6.45) is 38.1. The molecule has 0 aliphatic heterocycles. The predicted molar refractivity (Wildman–Crippen MR) is 184 cm³/mol. The van der Waals surface area contributed by atoms with E-state index in [1.54, 1.807) is 0 Å². The zero-order chi connectivity index (χ0) is 30.8. The molecule has 0 aliphatic rings. The van der Waals surface area contributed by atoms with E-state index in [1.165, 1.54) is 161 Å². The maximum atomic E-state index is 12.2. The van der Waals surface area contributed by atoms with Gasteiger partial charge in [0.15, 0.2) is 0 Å². The molecule has 0 unspecified atom stereocenters. The third-order valence-corrected chi connectivity index (χ3v) is 8.70. The fourth-order valence-corrected chi connectivity index (χ4v) is 5.72. The molecule has 1 atom stereocenters. The molecule has 0 bridgehead atoms. The molecule has 4 N–H and O–H groups in total. The summed E-state index contributed by atoms with van der Waals surface area (Å²) in [6.45, 7) is 5.98. The van der Waals surface area contributed by atoms with E-state index in [0.717, 1.165) is 25.8 Å². The quantitative estimate of drug-likeness (QED) is 0.0649. The minimum absolute atomic E-state index is 0.0138. The van der Waals surface area contributed by atoms with E-state index in [4.69, 9.17) is 5.73 Å². The highest BCUT2D eigenvalue weighted by Gasteiger charge is 2.14. The Kier molecular flexibility index (Phi) is 33.5. The average molecular weight is 594 g/mol. The standard InChI is InChI=1S/C37H75N3O2/c1-3-5-7-9-11-13-15-17-19-21-23-25-27-29-33-39-36(41)32-31-35(38)37(42)40-34-30-28-26-24-22-20-18-16-14-12-10-8-6-4-2/h35H,3-34,38H2,1-2H3,(H,39,41)(H,40,42)/t35-/m0/s1. The zero-order valence-corrected chi connectivity index (χ0v) is 28.6. The van der Waals surface area contributed by atoms with E-state index in [2.05, 4.69) is 24.5 Å². The van der Waals surface area contributed by atoms with Crippen LogP contribution >= 0.6 is 0 Å². The molecule has 0 fully saturated rings. The molecule has 5 heteroatoms. The molecule has 0 radical (unpaired) electrons. The molecule has 0 spiro atoms. The molecule has 0 saturated heterocycles. The highest BCUT2D eigenvalue weighted by Crippen LogP contribution is 2.14. The number of rotatable bonds is 34. The van der Waals surface area contributed by atoms with Crippen molar-refractivity contribution in [3.8, 4) is 0 Å². The summed E-state index contributed by atoms with van der Waals surface area (Å²) in [5.41, 5.74) is 6.02. The third-order valence-electron chi connectivity index (χ3n) is 8.70. The van der Waals surface area contributed by atoms with Gasteiger partial charge in [-0.2, -0.15) is 0 Å². The van der Waals surface area contributed by atoms with Crippen LogP contribution in [0.2, 0.25) is 0 Å². The summed E-state index contributed by atoms with van der Waals surface area (Å²) in [5.74, 6) is -0.107. The van der Waals surface area contributed by atoms with Crippen molar-refractivity contribution in [1.82, 2.24) is 10.6 Å². The second kappa shape index (κ2) is 34.4. The van der Waals surface area contributed by atoms with Crippen molar-refractivity contribution in [2.75, 3.05) is 13.1 Å². The van der Waals surface area contributed by atoms with Gasteiger partial charge in [0.25, 0.3) is 0 Å². The van der Waals surface area contributed by atoms with Crippen molar-refractivity contribution in [1.29, 1.82) is 0 Å². The lowest BCUT2D eigenvalue weighted by atomic mass is 10.0. The van der Waals surface area contributed by atoms with Crippen molar-refractivity contribution in [2.24, 2.45) is 5.73 Å². The molecule has 0 aromatic carbocycles. The van der Waals surface area contributed by atoms with E-state index in [0.29, 0.717) is 19.4 Å². The smallest absolute Gasteiger partial charge is 0.236 e. The van der Waals surface area contributed by atoms with Crippen LogP contribution in [0.3, 0.4) is 0 Å². The average Bonchev–Trinajstić information content (AvgIpc) is 2.99. The molecule has 250 valence electrons. The van der Waals surface area contributed by atoms with Gasteiger partial charge >= 0.3 is 0 Å². The SMILES string of the molecule is CCCCCCCCCCCCCCCCNC(=O)CC[C@H](N)C(=O)NCCCCCCCCCCCCCCCC. The van der Waals surface area contributed by atoms with E-state index in [9.17, 15) is 9.59 Å². The molecule has 0 saturated carbocycles. The molecular formula is C37H75N3O2. The maximum absolute atomic E-state index is 12.2. The first-order valence-corrected chi connectivity index (χ1v) is 18.9. The Labute approximate surface area is 263 Å². The highest BCUT2D eigenvalue weighted by molar-refractivity contribution is 5.82. The highest BCUT2D eigenvalue weighted by atomic mass is 16.2. The minimum atomic E-state index is -0.594. The van der Waals surface area contributed by atoms with E-state index < -0.39 is 6.04 Å². The molecule has 2 amide bonds. The molecule has 0 heterocycles. The van der Waals surface area contributed by atoms with E-state index in [1.807, 2.05) is 0 Å². The van der Waals surface area contributed by atoms with Gasteiger partial charge in [0.05, 0.1) is 6.04 Å². The van der Waals surface area contributed by atoms with Crippen molar-refractivity contribution in [3.05, 3.63) is 0 Å². The first-order chi connectivity index (χ1) is 20.6. The van der Waals surface area contributed by atoms with Gasteiger partial charge in [-0.1, -0.05) is 181 Å². The van der Waals surface area contributed by atoms with E-state index in [-0.39, 0.29) is 11.8 Å². The summed E-state index contributed by atoms with van der Waals surface area (Å²) in [7, 11) is 0. The minimum Gasteiger partial charge on any atom is -0.356 e. The van der Waals surface area contributed by atoms with Crippen LogP contribution in [0.25, 0.3) is 0 Å². The molecule has 0 rings (SSSR count). The van der Waals surface area contributed by atoms with Crippen LogP contribution in [0.15, 0.2) is 0 Å². The predicted octanol–water partition coefficient (Wildman–Crippen LogP) is 10.3. The first kappa shape index (κ1) is 40.9. The van der Waals surface area contributed by atoms with Crippen LogP contribution in [0.5, 0.6) is 0 Å². The van der Waals surface area contributed by atoms with Gasteiger partial charge in [0, 0.05) is 19.5 Å². The lowest BCUT2D eigenvalue weighted by Crippen LogP contribution is -2.41.